The molecule has 0 bridgehead atoms. The first-order chi connectivity index (χ1) is 16.6. The lowest BCUT2D eigenvalue weighted by Gasteiger charge is -2.24. The number of hydrogen-bond acceptors (Lipinski definition) is 8. The minimum absolute atomic E-state index is 0.241. The number of sulfone groups is 1. The Kier molecular flexibility index (Phi) is 6.82. The molecular formula is C24H24FN3O5S2. The molecule has 8 nitrogen and oxygen atoms in total. The molecule has 1 N–H and O–H groups in total. The number of nitrogens with zero attached hydrogens (tertiary/aromatic N) is 2. The van der Waals surface area contributed by atoms with Crippen molar-refractivity contribution in [1.82, 2.24) is 10.3 Å². The van der Waals surface area contributed by atoms with E-state index >= 15 is 0 Å². The number of fused-ring (bicyclic) bond motifs is 1. The van der Waals surface area contributed by atoms with Crippen LogP contribution >= 0.6 is 11.3 Å². The number of halogens is 1. The molecule has 0 unspecified atom stereocenters. The fourth-order valence-electron chi connectivity index (χ4n) is 3.64. The van der Waals surface area contributed by atoms with E-state index in [1.54, 1.807) is 23.7 Å². The molecular weight excluding hydrogens is 493 g/mol. The number of ether oxygens (including phenoxy) is 1. The summed E-state index contributed by atoms with van der Waals surface area (Å²) in [4.78, 5) is 18.7. The Bertz CT molecular complexity index is 1460. The zero-order valence-electron chi connectivity index (χ0n) is 19.5. The zero-order chi connectivity index (χ0) is 25.3. The molecule has 4 aromatic rings. The van der Waals surface area contributed by atoms with E-state index in [1.165, 1.54) is 47.5 Å². The highest BCUT2D eigenvalue weighted by Crippen LogP contribution is 2.43. The third-order valence-electron chi connectivity index (χ3n) is 5.00. The van der Waals surface area contributed by atoms with Gasteiger partial charge in [0.25, 0.3) is 5.91 Å². The summed E-state index contributed by atoms with van der Waals surface area (Å²) in [5.41, 5.74) is 1.54. The van der Waals surface area contributed by atoms with E-state index in [4.69, 9.17) is 9.15 Å². The van der Waals surface area contributed by atoms with Crippen molar-refractivity contribution in [2.24, 2.45) is 0 Å². The van der Waals surface area contributed by atoms with Gasteiger partial charge >= 0.3 is 0 Å². The van der Waals surface area contributed by atoms with Gasteiger partial charge in [-0.05, 0) is 44.2 Å². The predicted molar refractivity (Wildman–Crippen MR) is 135 cm³/mol. The van der Waals surface area contributed by atoms with Gasteiger partial charge in [0.15, 0.2) is 15.0 Å². The average Bonchev–Trinajstić information content (AvgIpc) is 3.44. The number of carbonyl (C=O) groups excluding carboxylic acids is 1. The standard InChI is InChI=1S/C24H24FN3O5S2/c1-14(2)32-20-11-17-19(12-18(20)28(13-35(4,30)31)24-27-9-10-34-24)33-22(21(17)23(29)26-3)15-5-7-16(25)8-6-15/h5-12,14H,13H2,1-4H3,(H,26,29). The fraction of sp³-hybridized carbons (Fsp3) is 0.250. The van der Waals surface area contributed by atoms with Crippen LogP contribution in [0.3, 0.4) is 0 Å². The molecule has 1 amide bonds. The van der Waals surface area contributed by atoms with Crippen LogP contribution in [0.25, 0.3) is 22.3 Å². The third-order valence-corrected chi connectivity index (χ3v) is 6.52. The molecule has 35 heavy (non-hydrogen) atoms. The minimum Gasteiger partial charge on any atom is -0.489 e. The van der Waals surface area contributed by atoms with Gasteiger partial charge in [-0.1, -0.05) is 0 Å². The molecule has 0 aliphatic rings. The monoisotopic (exact) mass is 517 g/mol. The highest BCUT2D eigenvalue weighted by Gasteiger charge is 2.27. The van der Waals surface area contributed by atoms with E-state index in [9.17, 15) is 17.6 Å². The topological polar surface area (TPSA) is 102 Å². The summed E-state index contributed by atoms with van der Waals surface area (Å²) in [5, 5.41) is 5.30. The van der Waals surface area contributed by atoms with E-state index in [1.807, 2.05) is 13.8 Å². The molecule has 4 rings (SSSR count). The fourth-order valence-corrected chi connectivity index (χ4v) is 5.11. The van der Waals surface area contributed by atoms with Crippen molar-refractivity contribution >= 4 is 48.9 Å². The van der Waals surface area contributed by atoms with E-state index < -0.39 is 15.7 Å². The number of thiazole rings is 1. The Hall–Kier alpha value is -3.44. The van der Waals surface area contributed by atoms with Crippen molar-refractivity contribution in [3.63, 3.8) is 0 Å². The third kappa shape index (κ3) is 5.30. The Morgan fingerprint density at radius 2 is 1.97 bits per heavy atom. The number of benzene rings is 2. The van der Waals surface area contributed by atoms with Crippen molar-refractivity contribution < 1.29 is 26.8 Å². The molecule has 0 saturated heterocycles. The molecule has 2 aromatic heterocycles. The van der Waals surface area contributed by atoms with Crippen LogP contribution in [0.15, 0.2) is 52.4 Å². The summed E-state index contributed by atoms with van der Waals surface area (Å²) in [6.45, 7) is 3.69. The van der Waals surface area contributed by atoms with Gasteiger partial charge in [-0.3, -0.25) is 9.69 Å². The van der Waals surface area contributed by atoms with E-state index in [0.29, 0.717) is 33.1 Å². The summed E-state index contributed by atoms with van der Waals surface area (Å²) < 4.78 is 50.3. The van der Waals surface area contributed by atoms with Crippen LogP contribution in [0.2, 0.25) is 0 Å². The number of amides is 1. The van der Waals surface area contributed by atoms with Crippen LogP contribution < -0.4 is 15.0 Å². The lowest BCUT2D eigenvalue weighted by molar-refractivity contribution is 0.0964. The first-order valence-corrected chi connectivity index (χ1v) is 13.6. The van der Waals surface area contributed by atoms with Crippen molar-refractivity contribution in [1.29, 1.82) is 0 Å². The Balaban J connectivity index is 2.01. The quantitative estimate of drug-likeness (QED) is 0.352. The molecule has 0 radical (unpaired) electrons. The summed E-state index contributed by atoms with van der Waals surface area (Å²) in [5.74, 6) is -0.520. The smallest absolute Gasteiger partial charge is 0.255 e. The first kappa shape index (κ1) is 24.7. The van der Waals surface area contributed by atoms with E-state index in [2.05, 4.69) is 10.3 Å². The maximum Gasteiger partial charge on any atom is 0.255 e. The van der Waals surface area contributed by atoms with Gasteiger partial charge in [0.2, 0.25) is 0 Å². The number of furan rings is 1. The number of nitrogens with one attached hydrogen (secondary N) is 1. The Labute approximate surface area is 206 Å². The Morgan fingerprint density at radius 1 is 1.26 bits per heavy atom. The minimum atomic E-state index is -3.46. The molecule has 184 valence electrons. The second kappa shape index (κ2) is 9.67. The molecule has 11 heteroatoms. The summed E-state index contributed by atoms with van der Waals surface area (Å²) in [6, 6.07) is 8.92. The summed E-state index contributed by atoms with van der Waals surface area (Å²) in [6.07, 6.45) is 2.48. The maximum atomic E-state index is 13.5. The van der Waals surface area contributed by atoms with Gasteiger partial charge in [0.05, 0.1) is 17.4 Å². The van der Waals surface area contributed by atoms with Crippen molar-refractivity contribution in [3.8, 4) is 17.1 Å². The largest absolute Gasteiger partial charge is 0.489 e. The van der Waals surface area contributed by atoms with E-state index in [0.717, 1.165) is 6.26 Å². The van der Waals surface area contributed by atoms with Gasteiger partial charge in [0, 0.05) is 41.9 Å². The SMILES string of the molecule is CNC(=O)c1c(-c2ccc(F)cc2)oc2cc(N(CS(C)(=O)=O)c3nccs3)c(OC(C)C)cc12. The number of carbonyl (C=O) groups is 1. The zero-order valence-corrected chi connectivity index (χ0v) is 21.2. The van der Waals surface area contributed by atoms with Crippen LogP contribution in [0.4, 0.5) is 15.2 Å². The highest BCUT2D eigenvalue weighted by molar-refractivity contribution is 7.90. The predicted octanol–water partition coefficient (Wildman–Crippen LogP) is 4.98. The van der Waals surface area contributed by atoms with Gasteiger partial charge in [0.1, 0.15) is 28.8 Å². The molecule has 0 atom stereocenters. The first-order valence-electron chi connectivity index (χ1n) is 10.7. The lowest BCUT2D eigenvalue weighted by atomic mass is 10.0. The molecule has 0 saturated carbocycles. The molecule has 0 aliphatic heterocycles. The van der Waals surface area contributed by atoms with Crippen LogP contribution in [-0.4, -0.2) is 44.6 Å². The second-order valence-electron chi connectivity index (χ2n) is 8.17. The van der Waals surface area contributed by atoms with Gasteiger partial charge < -0.3 is 14.5 Å². The number of hydrogen-bond donors (Lipinski definition) is 1. The molecule has 0 aliphatic carbocycles. The number of aromatic nitrogens is 1. The number of rotatable bonds is 8. The summed E-state index contributed by atoms with van der Waals surface area (Å²) in [7, 11) is -1.95. The van der Waals surface area contributed by atoms with Crippen molar-refractivity contribution in [2.75, 3.05) is 24.1 Å². The number of anilines is 2. The normalized spacial score (nSPS) is 11.7. The van der Waals surface area contributed by atoms with Crippen LogP contribution in [0.1, 0.15) is 24.2 Å². The van der Waals surface area contributed by atoms with Crippen LogP contribution in [0.5, 0.6) is 5.75 Å². The molecule has 2 heterocycles. The van der Waals surface area contributed by atoms with Crippen LogP contribution in [-0.2, 0) is 9.84 Å². The van der Waals surface area contributed by atoms with E-state index in [-0.39, 0.29) is 29.2 Å². The van der Waals surface area contributed by atoms with Gasteiger partial charge in [-0.25, -0.2) is 17.8 Å². The Morgan fingerprint density at radius 3 is 2.54 bits per heavy atom. The molecule has 0 spiro atoms. The van der Waals surface area contributed by atoms with Crippen molar-refractivity contribution in [2.45, 2.75) is 20.0 Å². The molecule has 0 fully saturated rings. The van der Waals surface area contributed by atoms with Gasteiger partial charge in [-0.2, -0.15) is 0 Å². The second-order valence-corrected chi connectivity index (χ2v) is 11.2. The van der Waals surface area contributed by atoms with Crippen molar-refractivity contribution in [3.05, 3.63) is 59.4 Å². The average molecular weight is 518 g/mol. The van der Waals surface area contributed by atoms with Gasteiger partial charge in [-0.15, -0.1) is 11.3 Å². The summed E-state index contributed by atoms with van der Waals surface area (Å²) >= 11 is 1.28. The molecule has 2 aromatic carbocycles. The van der Waals surface area contributed by atoms with Crippen LogP contribution in [0, 0.1) is 5.82 Å². The maximum absolute atomic E-state index is 13.5. The lowest BCUT2D eigenvalue weighted by Crippen LogP contribution is -2.25. The highest BCUT2D eigenvalue weighted by atomic mass is 32.2.